The van der Waals surface area contributed by atoms with Gasteiger partial charge >= 0.3 is 12.1 Å². The standard InChI is InChI=1S/C23H44N4O6/c28-13-9-26(10-14-29)22(32)24-20-5-1-18(2-6-20)17-19-3-7-21(8-4-19)25-23(33)27(11-15-30)12-16-31/h18-21,28-31H,1-17H2,(H,24,32)(H,25,33). The predicted molar refractivity (Wildman–Crippen MR) is 125 cm³/mol. The maximum absolute atomic E-state index is 12.3. The van der Waals surface area contributed by atoms with Gasteiger partial charge in [-0.15, -0.1) is 0 Å². The molecule has 2 aliphatic carbocycles. The van der Waals surface area contributed by atoms with Crippen LogP contribution in [0.5, 0.6) is 0 Å². The molecule has 0 saturated heterocycles. The molecule has 0 radical (unpaired) electrons. The van der Waals surface area contributed by atoms with Crippen molar-refractivity contribution in [3.05, 3.63) is 0 Å². The Bertz CT molecular complexity index is 505. The molecule has 2 rings (SSSR count). The number of rotatable bonds is 12. The van der Waals surface area contributed by atoms with Gasteiger partial charge in [0.05, 0.1) is 26.4 Å². The van der Waals surface area contributed by atoms with Crippen molar-refractivity contribution in [2.45, 2.75) is 69.9 Å². The maximum atomic E-state index is 12.3. The summed E-state index contributed by atoms with van der Waals surface area (Å²) in [5.41, 5.74) is 0. The van der Waals surface area contributed by atoms with E-state index < -0.39 is 0 Å². The predicted octanol–water partition coefficient (Wildman–Crippen LogP) is 0.487. The summed E-state index contributed by atoms with van der Waals surface area (Å²) in [6.07, 6.45) is 9.41. The van der Waals surface area contributed by atoms with Crippen molar-refractivity contribution < 1.29 is 30.0 Å². The summed E-state index contributed by atoms with van der Waals surface area (Å²) in [7, 11) is 0. The summed E-state index contributed by atoms with van der Waals surface area (Å²) < 4.78 is 0. The Morgan fingerprint density at radius 2 is 0.879 bits per heavy atom. The first-order chi connectivity index (χ1) is 16.0. The molecule has 0 atom stereocenters. The minimum absolute atomic E-state index is 0.115. The first kappa shape index (κ1) is 27.6. The van der Waals surface area contributed by atoms with Gasteiger partial charge in [0.1, 0.15) is 0 Å². The number of carbonyl (C=O) groups excluding carboxylic acids is 2. The zero-order chi connectivity index (χ0) is 24.1. The SMILES string of the molecule is O=C(NC1CCC(CC2CCC(NC(=O)N(CCO)CCO)CC2)CC1)N(CCO)CCO. The van der Waals surface area contributed by atoms with Crippen LogP contribution in [0.15, 0.2) is 0 Å². The van der Waals surface area contributed by atoms with Crippen molar-refractivity contribution in [1.29, 1.82) is 0 Å². The van der Waals surface area contributed by atoms with Gasteiger partial charge < -0.3 is 40.9 Å². The highest BCUT2D eigenvalue weighted by Crippen LogP contribution is 2.35. The molecule has 6 N–H and O–H groups in total. The Hall–Kier alpha value is -1.62. The molecule has 0 aromatic rings. The van der Waals surface area contributed by atoms with Gasteiger partial charge in [-0.25, -0.2) is 9.59 Å². The van der Waals surface area contributed by atoms with E-state index in [9.17, 15) is 9.59 Å². The van der Waals surface area contributed by atoms with E-state index in [0.29, 0.717) is 11.8 Å². The molecule has 2 saturated carbocycles. The topological polar surface area (TPSA) is 146 Å². The lowest BCUT2D eigenvalue weighted by molar-refractivity contribution is 0.147. The van der Waals surface area contributed by atoms with Gasteiger partial charge in [-0.05, 0) is 69.6 Å². The normalized spacial score (nSPS) is 25.3. The van der Waals surface area contributed by atoms with Crippen molar-refractivity contribution >= 4 is 12.1 Å². The van der Waals surface area contributed by atoms with Crippen LogP contribution in [-0.2, 0) is 0 Å². The third kappa shape index (κ3) is 9.64. The van der Waals surface area contributed by atoms with Gasteiger partial charge in [-0.1, -0.05) is 0 Å². The molecule has 4 amide bonds. The molecule has 2 aliphatic rings. The molecule has 33 heavy (non-hydrogen) atoms. The van der Waals surface area contributed by atoms with Crippen LogP contribution in [0.25, 0.3) is 0 Å². The zero-order valence-electron chi connectivity index (χ0n) is 19.8. The van der Waals surface area contributed by atoms with Crippen LogP contribution < -0.4 is 10.6 Å². The number of hydrogen-bond donors (Lipinski definition) is 6. The molecular weight excluding hydrogens is 428 g/mol. The molecule has 2 fully saturated rings. The largest absolute Gasteiger partial charge is 0.395 e. The van der Waals surface area contributed by atoms with Crippen LogP contribution in [0.3, 0.4) is 0 Å². The van der Waals surface area contributed by atoms with Crippen LogP contribution >= 0.6 is 0 Å². The number of aliphatic hydroxyl groups excluding tert-OH is 4. The average molecular weight is 473 g/mol. The Balaban J connectivity index is 1.65. The van der Waals surface area contributed by atoms with Gasteiger partial charge in [0, 0.05) is 38.3 Å². The molecule has 0 bridgehead atoms. The van der Waals surface area contributed by atoms with Crippen LogP contribution in [0, 0.1) is 11.8 Å². The highest BCUT2D eigenvalue weighted by Gasteiger charge is 2.29. The molecule has 10 heteroatoms. The zero-order valence-corrected chi connectivity index (χ0v) is 19.8. The van der Waals surface area contributed by atoms with Crippen molar-refractivity contribution in [1.82, 2.24) is 20.4 Å². The van der Waals surface area contributed by atoms with Crippen molar-refractivity contribution in [3.8, 4) is 0 Å². The molecule has 0 unspecified atom stereocenters. The Morgan fingerprint density at radius 1 is 0.576 bits per heavy atom. The minimum atomic E-state index is -0.210. The quantitative estimate of drug-likeness (QED) is 0.244. The van der Waals surface area contributed by atoms with E-state index in [-0.39, 0.29) is 76.8 Å². The third-order valence-electron chi connectivity index (χ3n) is 7.07. The summed E-state index contributed by atoms with van der Waals surface area (Å²) in [5.74, 6) is 1.34. The number of aliphatic hydroxyl groups is 4. The molecule has 0 aliphatic heterocycles. The van der Waals surface area contributed by atoms with Gasteiger partial charge in [-0.3, -0.25) is 0 Å². The number of carbonyl (C=O) groups is 2. The number of amides is 4. The van der Waals surface area contributed by atoms with Crippen LogP contribution in [-0.4, -0.2) is 107 Å². The highest BCUT2D eigenvalue weighted by molar-refractivity contribution is 5.75. The summed E-state index contributed by atoms with van der Waals surface area (Å²) >= 11 is 0. The van der Waals surface area contributed by atoms with Crippen molar-refractivity contribution in [2.24, 2.45) is 11.8 Å². The summed E-state index contributed by atoms with van der Waals surface area (Å²) in [4.78, 5) is 27.6. The first-order valence-electron chi connectivity index (χ1n) is 12.5. The molecular formula is C23H44N4O6. The molecule has 10 nitrogen and oxygen atoms in total. The first-order valence-corrected chi connectivity index (χ1v) is 12.5. The van der Waals surface area contributed by atoms with E-state index in [0.717, 1.165) is 51.4 Å². The second-order valence-corrected chi connectivity index (χ2v) is 9.44. The van der Waals surface area contributed by atoms with E-state index >= 15 is 0 Å². The highest BCUT2D eigenvalue weighted by atomic mass is 16.3. The van der Waals surface area contributed by atoms with E-state index in [1.165, 1.54) is 16.2 Å². The second kappa shape index (κ2) is 15.3. The van der Waals surface area contributed by atoms with Gasteiger partial charge in [0.2, 0.25) is 0 Å². The average Bonchev–Trinajstić information content (AvgIpc) is 2.81. The fourth-order valence-electron chi connectivity index (χ4n) is 5.20. The number of nitrogens with one attached hydrogen (secondary N) is 2. The van der Waals surface area contributed by atoms with E-state index in [1.54, 1.807) is 0 Å². The molecule has 0 aromatic carbocycles. The Labute approximate surface area is 197 Å². The van der Waals surface area contributed by atoms with Crippen LogP contribution in [0.1, 0.15) is 57.8 Å². The Morgan fingerprint density at radius 3 is 1.15 bits per heavy atom. The van der Waals surface area contributed by atoms with Crippen molar-refractivity contribution in [3.63, 3.8) is 0 Å². The fourth-order valence-corrected chi connectivity index (χ4v) is 5.20. The van der Waals surface area contributed by atoms with E-state index in [2.05, 4.69) is 10.6 Å². The second-order valence-electron chi connectivity index (χ2n) is 9.44. The van der Waals surface area contributed by atoms with Gasteiger partial charge in [0.25, 0.3) is 0 Å². The lowest BCUT2D eigenvalue weighted by Crippen LogP contribution is -2.48. The van der Waals surface area contributed by atoms with E-state index in [1.807, 2.05) is 0 Å². The number of urea groups is 2. The smallest absolute Gasteiger partial charge is 0.317 e. The lowest BCUT2D eigenvalue weighted by atomic mass is 9.75. The summed E-state index contributed by atoms with van der Waals surface area (Å²) in [5, 5.41) is 42.5. The maximum Gasteiger partial charge on any atom is 0.317 e. The lowest BCUT2D eigenvalue weighted by Gasteiger charge is -2.35. The number of hydrogen-bond acceptors (Lipinski definition) is 6. The minimum Gasteiger partial charge on any atom is -0.395 e. The molecule has 0 heterocycles. The summed E-state index contributed by atoms with van der Waals surface area (Å²) in [6.45, 7) is 0.450. The molecule has 0 spiro atoms. The fraction of sp³-hybridized carbons (Fsp3) is 0.913. The van der Waals surface area contributed by atoms with Gasteiger partial charge in [0.15, 0.2) is 0 Å². The Kier molecular flexibility index (Phi) is 12.8. The van der Waals surface area contributed by atoms with Crippen LogP contribution in [0.4, 0.5) is 9.59 Å². The third-order valence-corrected chi connectivity index (χ3v) is 7.07. The van der Waals surface area contributed by atoms with Crippen LogP contribution in [0.2, 0.25) is 0 Å². The van der Waals surface area contributed by atoms with E-state index in [4.69, 9.17) is 20.4 Å². The molecule has 192 valence electrons. The summed E-state index contributed by atoms with van der Waals surface area (Å²) in [6, 6.07) is -0.113. The van der Waals surface area contributed by atoms with Crippen molar-refractivity contribution in [2.75, 3.05) is 52.6 Å². The molecule has 0 aromatic heterocycles. The van der Waals surface area contributed by atoms with Gasteiger partial charge in [-0.2, -0.15) is 0 Å². The monoisotopic (exact) mass is 472 g/mol. The number of nitrogens with zero attached hydrogens (tertiary/aromatic N) is 2.